The van der Waals surface area contributed by atoms with E-state index in [0.29, 0.717) is 24.4 Å². The number of hydrogen-bond donors (Lipinski definition) is 3. The van der Waals surface area contributed by atoms with Gasteiger partial charge in [0.2, 0.25) is 17.7 Å². The smallest absolute Gasteiger partial charge is 0.291 e. The number of halogens is 4. The molecule has 2 aliphatic heterocycles. The molecule has 2 aliphatic carbocycles. The minimum Gasteiger partial charge on any atom is -0.356 e. The van der Waals surface area contributed by atoms with Crippen LogP contribution < -0.4 is 16.1 Å². The third-order valence-corrected chi connectivity index (χ3v) is 8.43. The summed E-state index contributed by atoms with van der Waals surface area (Å²) in [5.74, 6) is -9.38. The van der Waals surface area contributed by atoms with Crippen molar-refractivity contribution in [2.75, 3.05) is 19.6 Å². The van der Waals surface area contributed by atoms with E-state index in [0.717, 1.165) is 12.8 Å². The quantitative estimate of drug-likeness (QED) is 0.311. The number of rotatable bonds is 7. The normalized spacial score (nSPS) is 30.7. The Morgan fingerprint density at radius 1 is 1.18 bits per heavy atom. The lowest BCUT2D eigenvalue weighted by Crippen LogP contribution is -2.61. The van der Waals surface area contributed by atoms with Gasteiger partial charge < -0.3 is 15.5 Å². The van der Waals surface area contributed by atoms with E-state index in [1.54, 1.807) is 20.8 Å². The molecule has 4 aliphatic rings. The first-order valence-electron chi connectivity index (χ1n) is 13.3. The third kappa shape index (κ3) is 6.12. The number of fused-ring (bicyclic) bond motifs is 1. The van der Waals surface area contributed by atoms with Gasteiger partial charge in [-0.2, -0.15) is 0 Å². The minimum absolute atomic E-state index is 0.0134. The standard InChI is InChI=1S/C25H35ClF3N5O5/c1-24(2,3)17(31-20(36)15-9-25(15,28)29)22(38)33-10-12-5-4-6-14(12)16(33)21(37)32-34(23(39)18(26)27)11-13-7-8-30-19(13)35/h12-18H,4-11H2,1-3H3,(H,30,35)(H,31,36)(H,32,37)/t12-,13-,14-,15-,16-,17?,18?/m0/s1. The average molecular weight is 578 g/mol. The second kappa shape index (κ2) is 10.8. The number of amides is 5. The van der Waals surface area contributed by atoms with Crippen LogP contribution in [0.4, 0.5) is 13.2 Å². The number of hydrogen-bond acceptors (Lipinski definition) is 5. The molecule has 7 atom stereocenters. The zero-order valence-electron chi connectivity index (χ0n) is 22.1. The van der Waals surface area contributed by atoms with Crippen LogP contribution in [0.15, 0.2) is 0 Å². The Morgan fingerprint density at radius 3 is 2.38 bits per heavy atom. The van der Waals surface area contributed by atoms with E-state index >= 15 is 0 Å². The molecule has 10 nitrogen and oxygen atoms in total. The van der Waals surface area contributed by atoms with Gasteiger partial charge in [-0.1, -0.05) is 38.8 Å². The maximum atomic E-state index is 13.9. The summed E-state index contributed by atoms with van der Waals surface area (Å²) in [6.45, 7) is 5.34. The largest absolute Gasteiger partial charge is 0.356 e. The topological polar surface area (TPSA) is 128 Å². The summed E-state index contributed by atoms with van der Waals surface area (Å²) < 4.78 is 40.9. The molecule has 218 valence electrons. The summed E-state index contributed by atoms with van der Waals surface area (Å²) >= 11 is 5.38. The first-order valence-corrected chi connectivity index (χ1v) is 13.7. The highest BCUT2D eigenvalue weighted by Crippen LogP contribution is 2.49. The van der Waals surface area contributed by atoms with Crippen molar-refractivity contribution in [2.24, 2.45) is 29.1 Å². The summed E-state index contributed by atoms with van der Waals surface area (Å²) in [6, 6.07) is -2.23. The molecule has 0 aromatic rings. The zero-order chi connectivity index (χ0) is 28.9. The number of likely N-dealkylation sites (tertiary alicyclic amines) is 1. The summed E-state index contributed by atoms with van der Waals surface area (Å²) in [6.07, 6.45) is 2.02. The Bertz CT molecular complexity index is 1040. The minimum atomic E-state index is -3.11. The van der Waals surface area contributed by atoms with E-state index in [2.05, 4.69) is 16.1 Å². The van der Waals surface area contributed by atoms with Gasteiger partial charge in [0.05, 0.1) is 12.5 Å². The highest BCUT2D eigenvalue weighted by molar-refractivity contribution is 6.29. The monoisotopic (exact) mass is 577 g/mol. The first-order chi connectivity index (χ1) is 18.1. The SMILES string of the molecule is CC(C)(C)C(NC(=O)[C@@H]1CC1(F)F)C(=O)N1C[C@@H]2CCC[C@@H]2[C@H]1C(=O)NN(C[C@@H]1CCNC1=O)C(=O)C(F)Cl. The van der Waals surface area contributed by atoms with Crippen molar-refractivity contribution in [3.8, 4) is 0 Å². The van der Waals surface area contributed by atoms with Gasteiger partial charge >= 0.3 is 0 Å². The van der Waals surface area contributed by atoms with Crippen molar-refractivity contribution in [3.05, 3.63) is 0 Å². The van der Waals surface area contributed by atoms with Crippen LogP contribution in [0, 0.1) is 29.1 Å². The van der Waals surface area contributed by atoms with Gasteiger partial charge in [-0.3, -0.25) is 29.4 Å². The van der Waals surface area contributed by atoms with Crippen LogP contribution in [0.2, 0.25) is 0 Å². The molecule has 3 N–H and O–H groups in total. The lowest BCUT2D eigenvalue weighted by Gasteiger charge is -2.37. The fourth-order valence-electron chi connectivity index (χ4n) is 5.97. The number of carbonyl (C=O) groups excluding carboxylic acids is 5. The fourth-order valence-corrected chi connectivity index (χ4v) is 6.09. The van der Waals surface area contributed by atoms with E-state index in [1.165, 1.54) is 4.90 Å². The Morgan fingerprint density at radius 2 is 1.85 bits per heavy atom. The molecule has 0 spiro atoms. The Kier molecular flexibility index (Phi) is 8.13. The Labute approximate surface area is 229 Å². The molecular formula is C25H35ClF3N5O5. The molecule has 0 bridgehead atoms. The van der Waals surface area contributed by atoms with Gasteiger partial charge in [-0.05, 0) is 36.5 Å². The second-order valence-corrected chi connectivity index (χ2v) is 12.5. The number of carbonyl (C=O) groups is 5. The van der Waals surface area contributed by atoms with Crippen LogP contribution in [-0.2, 0) is 24.0 Å². The summed E-state index contributed by atoms with van der Waals surface area (Å²) in [7, 11) is 0. The number of nitrogens with zero attached hydrogens (tertiary/aromatic N) is 2. The van der Waals surface area contributed by atoms with E-state index in [9.17, 15) is 37.1 Å². The average Bonchev–Trinajstić information content (AvgIpc) is 3.22. The van der Waals surface area contributed by atoms with Gasteiger partial charge in [0.15, 0.2) is 0 Å². The molecule has 2 saturated heterocycles. The molecule has 2 heterocycles. The number of hydrazine groups is 1. The van der Waals surface area contributed by atoms with Crippen molar-refractivity contribution in [2.45, 2.75) is 76.5 Å². The summed E-state index contributed by atoms with van der Waals surface area (Å²) in [5, 5.41) is 5.79. The first kappa shape index (κ1) is 29.4. The molecule has 39 heavy (non-hydrogen) atoms. The molecule has 14 heteroatoms. The van der Waals surface area contributed by atoms with E-state index in [4.69, 9.17) is 11.6 Å². The van der Waals surface area contributed by atoms with E-state index in [-0.39, 0.29) is 30.8 Å². The van der Waals surface area contributed by atoms with E-state index < -0.39 is 70.9 Å². The van der Waals surface area contributed by atoms with Crippen LogP contribution in [0.1, 0.15) is 52.9 Å². The molecule has 0 aromatic carbocycles. The van der Waals surface area contributed by atoms with Crippen LogP contribution in [-0.4, -0.2) is 82.7 Å². The molecule has 2 unspecified atom stereocenters. The second-order valence-electron chi connectivity index (χ2n) is 12.1. The van der Waals surface area contributed by atoms with Crippen molar-refractivity contribution in [3.63, 3.8) is 0 Å². The lowest BCUT2D eigenvalue weighted by atomic mass is 9.85. The number of alkyl halides is 4. The fraction of sp³-hybridized carbons (Fsp3) is 0.800. The highest BCUT2D eigenvalue weighted by atomic mass is 35.5. The summed E-state index contributed by atoms with van der Waals surface area (Å²) in [5.41, 5.74) is -0.927. The van der Waals surface area contributed by atoms with Crippen molar-refractivity contribution >= 4 is 41.1 Å². The maximum absolute atomic E-state index is 13.9. The lowest BCUT2D eigenvalue weighted by molar-refractivity contribution is -0.150. The Balaban J connectivity index is 1.55. The summed E-state index contributed by atoms with van der Waals surface area (Å²) in [4.78, 5) is 65.9. The molecule has 5 amide bonds. The predicted molar refractivity (Wildman–Crippen MR) is 132 cm³/mol. The van der Waals surface area contributed by atoms with Crippen LogP contribution in [0.5, 0.6) is 0 Å². The molecule has 4 fully saturated rings. The maximum Gasteiger partial charge on any atom is 0.291 e. The van der Waals surface area contributed by atoms with Crippen molar-refractivity contribution in [1.29, 1.82) is 0 Å². The van der Waals surface area contributed by atoms with Gasteiger partial charge in [-0.25, -0.2) is 18.2 Å². The van der Waals surface area contributed by atoms with Crippen LogP contribution >= 0.6 is 11.6 Å². The Hall–Kier alpha value is -2.57. The van der Waals surface area contributed by atoms with Crippen molar-refractivity contribution < 1.29 is 37.1 Å². The van der Waals surface area contributed by atoms with Gasteiger partial charge in [0.1, 0.15) is 18.0 Å². The predicted octanol–water partition coefficient (Wildman–Crippen LogP) is 1.33. The molecule has 4 rings (SSSR count). The highest BCUT2D eigenvalue weighted by Gasteiger charge is 2.62. The van der Waals surface area contributed by atoms with Crippen LogP contribution in [0.3, 0.4) is 0 Å². The van der Waals surface area contributed by atoms with Crippen molar-refractivity contribution in [1.82, 2.24) is 26.0 Å². The third-order valence-electron chi connectivity index (χ3n) is 8.25. The molecule has 0 radical (unpaired) electrons. The number of nitrogens with one attached hydrogen (secondary N) is 3. The van der Waals surface area contributed by atoms with Crippen LogP contribution in [0.25, 0.3) is 0 Å². The zero-order valence-corrected chi connectivity index (χ0v) is 22.9. The molecular weight excluding hydrogens is 543 g/mol. The molecule has 0 aromatic heterocycles. The van der Waals surface area contributed by atoms with Gasteiger partial charge in [0.25, 0.3) is 23.4 Å². The molecule has 2 saturated carbocycles. The van der Waals surface area contributed by atoms with Gasteiger partial charge in [-0.15, -0.1) is 0 Å². The van der Waals surface area contributed by atoms with E-state index in [1.807, 2.05) is 0 Å². The van der Waals surface area contributed by atoms with Gasteiger partial charge in [0, 0.05) is 19.5 Å².